The molecule has 0 bridgehead atoms. The first kappa shape index (κ1) is 16.9. The van der Waals surface area contributed by atoms with Gasteiger partial charge in [-0.3, -0.25) is 0 Å². The van der Waals surface area contributed by atoms with Gasteiger partial charge in [0.1, 0.15) is 5.69 Å². The van der Waals surface area contributed by atoms with Gasteiger partial charge in [0.25, 0.3) is 10.2 Å². The fourth-order valence-electron chi connectivity index (χ4n) is 2.01. The molecule has 1 fully saturated rings. The molecule has 22 heavy (non-hydrogen) atoms. The number of hydrogen-bond acceptors (Lipinski definition) is 5. The van der Waals surface area contributed by atoms with E-state index in [4.69, 9.17) is 0 Å². The van der Waals surface area contributed by atoms with Crippen LogP contribution < -0.4 is 4.90 Å². The van der Waals surface area contributed by atoms with Gasteiger partial charge in [0, 0.05) is 46.5 Å². The smallest absolute Gasteiger partial charge is 0.338 e. The topological polar surface area (TPSA) is 69.6 Å². The molecule has 124 valence electrons. The van der Waals surface area contributed by atoms with E-state index >= 15 is 0 Å². The van der Waals surface area contributed by atoms with Crippen molar-refractivity contribution >= 4 is 16.2 Å². The summed E-state index contributed by atoms with van der Waals surface area (Å²) in [6.45, 7) is 0.795. The number of anilines is 1. The highest BCUT2D eigenvalue weighted by atomic mass is 32.2. The minimum atomic E-state index is -4.53. The van der Waals surface area contributed by atoms with E-state index in [1.165, 1.54) is 23.3 Å². The summed E-state index contributed by atoms with van der Waals surface area (Å²) in [5, 5.41) is 0. The number of alkyl halides is 3. The van der Waals surface area contributed by atoms with Crippen molar-refractivity contribution in [3.8, 4) is 0 Å². The number of hydrogen-bond donors (Lipinski definition) is 0. The summed E-state index contributed by atoms with van der Waals surface area (Å²) in [6.07, 6.45) is -3.48. The van der Waals surface area contributed by atoms with Crippen LogP contribution in [0.1, 0.15) is 5.69 Å². The third-order valence-electron chi connectivity index (χ3n) is 3.24. The molecule has 1 aliphatic rings. The highest BCUT2D eigenvalue weighted by Gasteiger charge is 2.34. The minimum absolute atomic E-state index is 0.0447. The van der Waals surface area contributed by atoms with E-state index in [0.717, 1.165) is 16.6 Å². The predicted octanol–water partition coefficient (Wildman–Crippen LogP) is 0.424. The van der Waals surface area contributed by atoms with Crippen LogP contribution in [0.15, 0.2) is 12.3 Å². The average molecular weight is 339 g/mol. The lowest BCUT2D eigenvalue weighted by molar-refractivity contribution is -0.141. The summed E-state index contributed by atoms with van der Waals surface area (Å²) in [5.41, 5.74) is -1.01. The summed E-state index contributed by atoms with van der Waals surface area (Å²) < 4.78 is 64.2. The fraction of sp³-hybridized carbons (Fsp3) is 0.636. The largest absolute Gasteiger partial charge is 0.433 e. The lowest BCUT2D eigenvalue weighted by Gasteiger charge is -2.35. The van der Waals surface area contributed by atoms with E-state index < -0.39 is 22.1 Å². The van der Waals surface area contributed by atoms with Crippen LogP contribution in [0.25, 0.3) is 0 Å². The molecule has 0 radical (unpaired) electrons. The molecule has 1 saturated heterocycles. The van der Waals surface area contributed by atoms with Gasteiger partial charge in [0.15, 0.2) is 0 Å². The molecule has 0 amide bonds. The Hall–Kier alpha value is -1.46. The number of piperazine rings is 1. The van der Waals surface area contributed by atoms with Crippen molar-refractivity contribution in [2.45, 2.75) is 6.18 Å². The van der Waals surface area contributed by atoms with Gasteiger partial charge in [-0.25, -0.2) is 9.97 Å². The Morgan fingerprint density at radius 2 is 1.77 bits per heavy atom. The second kappa shape index (κ2) is 5.97. The molecule has 1 aliphatic heterocycles. The quantitative estimate of drug-likeness (QED) is 0.798. The Morgan fingerprint density at radius 1 is 1.18 bits per heavy atom. The van der Waals surface area contributed by atoms with E-state index in [1.54, 1.807) is 0 Å². The zero-order valence-corrected chi connectivity index (χ0v) is 12.9. The van der Waals surface area contributed by atoms with Crippen molar-refractivity contribution in [1.82, 2.24) is 18.6 Å². The number of aromatic nitrogens is 2. The first-order valence-electron chi connectivity index (χ1n) is 6.45. The summed E-state index contributed by atoms with van der Waals surface area (Å²) in [6, 6.07) is 0.802. The van der Waals surface area contributed by atoms with E-state index in [9.17, 15) is 21.6 Å². The van der Waals surface area contributed by atoms with Gasteiger partial charge in [-0.1, -0.05) is 0 Å². The van der Waals surface area contributed by atoms with Crippen molar-refractivity contribution in [3.63, 3.8) is 0 Å². The number of halogens is 3. The fourth-order valence-corrected chi connectivity index (χ4v) is 3.10. The maximum atomic E-state index is 12.6. The zero-order chi connectivity index (χ0) is 16.5. The highest BCUT2D eigenvalue weighted by molar-refractivity contribution is 7.86. The first-order chi connectivity index (χ1) is 10.1. The molecular formula is C11H16F3N5O2S. The Morgan fingerprint density at radius 3 is 2.27 bits per heavy atom. The van der Waals surface area contributed by atoms with Crippen LogP contribution in [0.5, 0.6) is 0 Å². The van der Waals surface area contributed by atoms with Crippen LogP contribution in [0, 0.1) is 0 Å². The van der Waals surface area contributed by atoms with Crippen LogP contribution in [0.2, 0.25) is 0 Å². The first-order valence-corrected chi connectivity index (χ1v) is 7.85. The minimum Gasteiger partial charge on any atom is -0.338 e. The molecule has 11 heteroatoms. The second-order valence-corrected chi connectivity index (χ2v) is 7.06. The van der Waals surface area contributed by atoms with Crippen molar-refractivity contribution in [2.24, 2.45) is 0 Å². The SMILES string of the molecule is CN(C)S(=O)(=O)N1CCN(c2nccc(C(F)(F)F)n2)CC1. The number of rotatable bonds is 3. The van der Waals surface area contributed by atoms with Crippen LogP contribution in [-0.2, 0) is 16.4 Å². The van der Waals surface area contributed by atoms with Gasteiger partial charge in [-0.15, -0.1) is 0 Å². The van der Waals surface area contributed by atoms with Crippen molar-refractivity contribution in [2.75, 3.05) is 45.2 Å². The average Bonchev–Trinajstić information content (AvgIpc) is 2.46. The van der Waals surface area contributed by atoms with Gasteiger partial charge in [0.05, 0.1) is 0 Å². The maximum absolute atomic E-state index is 12.6. The molecule has 0 spiro atoms. The predicted molar refractivity (Wildman–Crippen MR) is 73.4 cm³/mol. The summed E-state index contributed by atoms with van der Waals surface area (Å²) >= 11 is 0. The Labute approximate surface area is 126 Å². The van der Waals surface area contributed by atoms with Crippen LogP contribution in [0.3, 0.4) is 0 Å². The molecule has 1 aromatic rings. The van der Waals surface area contributed by atoms with Crippen LogP contribution in [-0.4, -0.2) is 67.3 Å². The lowest BCUT2D eigenvalue weighted by atomic mass is 10.3. The highest BCUT2D eigenvalue weighted by Crippen LogP contribution is 2.28. The molecule has 0 saturated carbocycles. The van der Waals surface area contributed by atoms with Crippen molar-refractivity contribution in [3.05, 3.63) is 18.0 Å². The molecule has 0 aromatic carbocycles. The van der Waals surface area contributed by atoms with Crippen LogP contribution in [0.4, 0.5) is 19.1 Å². The molecule has 2 heterocycles. The maximum Gasteiger partial charge on any atom is 0.433 e. The molecule has 0 atom stereocenters. The molecule has 7 nitrogen and oxygen atoms in total. The normalized spacial score (nSPS) is 18.0. The monoisotopic (exact) mass is 339 g/mol. The Kier molecular flexibility index (Phi) is 4.59. The Balaban J connectivity index is 2.10. The van der Waals surface area contributed by atoms with Crippen molar-refractivity contribution in [1.29, 1.82) is 0 Å². The van der Waals surface area contributed by atoms with Crippen molar-refractivity contribution < 1.29 is 21.6 Å². The summed E-state index contributed by atoms with van der Waals surface area (Å²) in [4.78, 5) is 8.88. The van der Waals surface area contributed by atoms with E-state index in [0.29, 0.717) is 0 Å². The molecule has 0 aliphatic carbocycles. The molecule has 0 unspecified atom stereocenters. The van der Waals surface area contributed by atoms with Gasteiger partial charge < -0.3 is 4.90 Å². The second-order valence-electron chi connectivity index (χ2n) is 4.92. The van der Waals surface area contributed by atoms with Gasteiger partial charge in [0.2, 0.25) is 5.95 Å². The molecule has 1 aromatic heterocycles. The van der Waals surface area contributed by atoms with E-state index in [-0.39, 0.29) is 32.1 Å². The van der Waals surface area contributed by atoms with E-state index in [2.05, 4.69) is 9.97 Å². The van der Waals surface area contributed by atoms with Crippen LogP contribution >= 0.6 is 0 Å². The van der Waals surface area contributed by atoms with Gasteiger partial charge in [-0.2, -0.15) is 30.2 Å². The molecule has 0 N–H and O–H groups in total. The van der Waals surface area contributed by atoms with Gasteiger partial charge >= 0.3 is 6.18 Å². The van der Waals surface area contributed by atoms with E-state index in [1.807, 2.05) is 0 Å². The van der Waals surface area contributed by atoms with Gasteiger partial charge in [-0.05, 0) is 6.07 Å². The molecule has 2 rings (SSSR count). The number of nitrogens with zero attached hydrogens (tertiary/aromatic N) is 5. The summed E-state index contributed by atoms with van der Waals surface area (Å²) in [7, 11) is -0.661. The third-order valence-corrected chi connectivity index (χ3v) is 5.18. The summed E-state index contributed by atoms with van der Waals surface area (Å²) in [5.74, 6) is -0.0447. The Bertz CT molecular complexity index is 627. The third kappa shape index (κ3) is 3.47. The lowest BCUT2D eigenvalue weighted by Crippen LogP contribution is -2.52. The standard InChI is InChI=1S/C11H16F3N5O2S/c1-17(2)22(20,21)19-7-5-18(6-8-19)10-15-4-3-9(16-10)11(12,13)14/h3-4H,5-8H2,1-2H3. The molecular weight excluding hydrogens is 323 g/mol. The zero-order valence-electron chi connectivity index (χ0n) is 12.1.